The molecule has 3 nitrogen and oxygen atoms in total. The fourth-order valence-electron chi connectivity index (χ4n) is 0.970. The minimum absolute atomic E-state index is 0.360. The first-order valence-corrected chi connectivity index (χ1v) is 4.42. The van der Waals surface area contributed by atoms with E-state index in [1.54, 1.807) is 0 Å². The Labute approximate surface area is 78.1 Å². The zero-order valence-electron chi connectivity index (χ0n) is 7.65. The molecule has 0 aliphatic carbocycles. The van der Waals surface area contributed by atoms with E-state index in [9.17, 15) is 0 Å². The molecule has 1 aromatic rings. The van der Waals surface area contributed by atoms with Crippen molar-refractivity contribution in [2.45, 2.75) is 12.7 Å². The molecule has 0 amide bonds. The van der Waals surface area contributed by atoms with E-state index >= 15 is 0 Å². The van der Waals surface area contributed by atoms with Crippen molar-refractivity contribution >= 4 is 0 Å². The lowest BCUT2D eigenvalue weighted by molar-refractivity contribution is -0.385. The summed E-state index contributed by atoms with van der Waals surface area (Å²) in [6.07, 6.45) is -0.441. The van der Waals surface area contributed by atoms with Gasteiger partial charge in [0.25, 0.3) is 0 Å². The van der Waals surface area contributed by atoms with E-state index in [2.05, 4.69) is 5.73 Å². The Hall–Kier alpha value is -0.900. The van der Waals surface area contributed by atoms with E-state index in [0.29, 0.717) is 19.8 Å². The van der Waals surface area contributed by atoms with Gasteiger partial charge in [-0.3, -0.25) is 0 Å². The maximum atomic E-state index is 9.15. The van der Waals surface area contributed by atoms with Crippen LogP contribution in [0.2, 0.25) is 0 Å². The molecule has 0 aliphatic rings. The summed E-state index contributed by atoms with van der Waals surface area (Å²) in [5.41, 5.74) is 4.71. The Balaban J connectivity index is 2.20. The van der Waals surface area contributed by atoms with Gasteiger partial charge in [0.1, 0.15) is 12.6 Å². The molecular formula is C10H16NO2+. The molecule has 0 saturated heterocycles. The van der Waals surface area contributed by atoms with Crippen molar-refractivity contribution in [3.8, 4) is 0 Å². The molecule has 3 heteroatoms. The van der Waals surface area contributed by atoms with Gasteiger partial charge in [0, 0.05) is 0 Å². The van der Waals surface area contributed by atoms with Gasteiger partial charge in [-0.05, 0) is 5.56 Å². The molecule has 0 unspecified atom stereocenters. The first-order chi connectivity index (χ1) is 6.33. The standard InChI is InChI=1S/C10H15NO2/c11-6-10(12)8-13-7-9-4-2-1-3-5-9/h1-5,10,12H,6-8,11H2/p+1/t10-/m1/s1. The zero-order valence-corrected chi connectivity index (χ0v) is 7.65. The SMILES string of the molecule is [NH3+]C[C@@H](O)COCc1ccccc1. The van der Waals surface area contributed by atoms with Crippen molar-refractivity contribution in [1.29, 1.82) is 0 Å². The third-order valence-electron chi connectivity index (χ3n) is 1.76. The number of hydrogen-bond donors (Lipinski definition) is 2. The van der Waals surface area contributed by atoms with Crippen LogP contribution >= 0.6 is 0 Å². The predicted octanol–water partition coefficient (Wildman–Crippen LogP) is -0.194. The molecule has 0 saturated carbocycles. The van der Waals surface area contributed by atoms with Crippen molar-refractivity contribution in [3.63, 3.8) is 0 Å². The summed E-state index contributed by atoms with van der Waals surface area (Å²) in [7, 11) is 0. The van der Waals surface area contributed by atoms with Gasteiger partial charge in [0.15, 0.2) is 0 Å². The lowest BCUT2D eigenvalue weighted by atomic mass is 10.2. The fraction of sp³-hybridized carbons (Fsp3) is 0.400. The first-order valence-electron chi connectivity index (χ1n) is 4.42. The molecule has 4 N–H and O–H groups in total. The van der Waals surface area contributed by atoms with Crippen molar-refractivity contribution in [2.75, 3.05) is 13.2 Å². The Morgan fingerprint density at radius 1 is 1.31 bits per heavy atom. The van der Waals surface area contributed by atoms with E-state index in [1.807, 2.05) is 30.3 Å². The minimum Gasteiger partial charge on any atom is -0.385 e. The molecule has 72 valence electrons. The van der Waals surface area contributed by atoms with Gasteiger partial charge < -0.3 is 15.6 Å². The predicted molar refractivity (Wildman–Crippen MR) is 49.9 cm³/mol. The third-order valence-corrected chi connectivity index (χ3v) is 1.76. The van der Waals surface area contributed by atoms with Gasteiger partial charge in [-0.2, -0.15) is 0 Å². The zero-order chi connectivity index (χ0) is 9.52. The number of aliphatic hydroxyl groups is 1. The summed E-state index contributed by atoms with van der Waals surface area (Å²) >= 11 is 0. The van der Waals surface area contributed by atoms with E-state index in [1.165, 1.54) is 0 Å². The van der Waals surface area contributed by atoms with Crippen LogP contribution in [0.3, 0.4) is 0 Å². The first kappa shape index (κ1) is 10.2. The van der Waals surface area contributed by atoms with E-state index in [4.69, 9.17) is 9.84 Å². The van der Waals surface area contributed by atoms with E-state index < -0.39 is 6.10 Å². The maximum absolute atomic E-state index is 9.15. The lowest BCUT2D eigenvalue weighted by Crippen LogP contribution is -2.56. The van der Waals surface area contributed by atoms with Gasteiger partial charge in [0.05, 0.1) is 13.2 Å². The fourth-order valence-corrected chi connectivity index (χ4v) is 0.970. The average Bonchev–Trinajstić information content (AvgIpc) is 2.19. The van der Waals surface area contributed by atoms with Crippen molar-refractivity contribution in [3.05, 3.63) is 35.9 Å². The van der Waals surface area contributed by atoms with Gasteiger partial charge >= 0.3 is 0 Å². The number of ether oxygens (including phenoxy) is 1. The summed E-state index contributed by atoms with van der Waals surface area (Å²) in [4.78, 5) is 0. The highest BCUT2D eigenvalue weighted by molar-refractivity contribution is 5.13. The third kappa shape index (κ3) is 4.03. The van der Waals surface area contributed by atoms with Crippen LogP contribution in [0.1, 0.15) is 5.56 Å². The molecule has 1 atom stereocenters. The van der Waals surface area contributed by atoms with Crippen molar-refractivity contribution in [1.82, 2.24) is 0 Å². The summed E-state index contributed by atoms with van der Waals surface area (Å²) in [5, 5.41) is 9.15. The quantitative estimate of drug-likeness (QED) is 0.663. The molecule has 13 heavy (non-hydrogen) atoms. The van der Waals surface area contributed by atoms with Crippen LogP contribution < -0.4 is 5.73 Å². The van der Waals surface area contributed by atoms with Crippen LogP contribution in [0.4, 0.5) is 0 Å². The molecule has 0 radical (unpaired) electrons. The molecule has 0 aliphatic heterocycles. The normalized spacial score (nSPS) is 12.8. The molecule has 1 rings (SSSR count). The monoisotopic (exact) mass is 182 g/mol. The van der Waals surface area contributed by atoms with Crippen LogP contribution in [0.25, 0.3) is 0 Å². The second-order valence-electron chi connectivity index (χ2n) is 2.94. The summed E-state index contributed by atoms with van der Waals surface area (Å²) in [5.74, 6) is 0. The smallest absolute Gasteiger partial charge is 0.126 e. The average molecular weight is 182 g/mol. The summed E-state index contributed by atoms with van der Waals surface area (Å²) in [6, 6.07) is 9.90. The molecule has 0 aromatic heterocycles. The Kier molecular flexibility index (Phi) is 4.46. The molecule has 0 heterocycles. The van der Waals surface area contributed by atoms with Crippen LogP contribution in [-0.2, 0) is 11.3 Å². The highest BCUT2D eigenvalue weighted by Gasteiger charge is 2.02. The highest BCUT2D eigenvalue weighted by atomic mass is 16.5. The molecular weight excluding hydrogens is 166 g/mol. The van der Waals surface area contributed by atoms with Crippen LogP contribution in [0, 0.1) is 0 Å². The number of benzene rings is 1. The minimum atomic E-state index is -0.441. The lowest BCUT2D eigenvalue weighted by Gasteiger charge is -2.06. The number of quaternary nitrogens is 1. The van der Waals surface area contributed by atoms with E-state index in [-0.39, 0.29) is 0 Å². The Bertz CT molecular complexity index is 226. The summed E-state index contributed by atoms with van der Waals surface area (Å²) in [6.45, 7) is 1.41. The molecule has 0 bridgehead atoms. The van der Waals surface area contributed by atoms with E-state index in [0.717, 1.165) is 5.56 Å². The topological polar surface area (TPSA) is 57.1 Å². The van der Waals surface area contributed by atoms with Crippen molar-refractivity contribution < 1.29 is 15.6 Å². The second-order valence-corrected chi connectivity index (χ2v) is 2.94. The Morgan fingerprint density at radius 3 is 2.62 bits per heavy atom. The van der Waals surface area contributed by atoms with Crippen LogP contribution in [0.5, 0.6) is 0 Å². The summed E-state index contributed by atoms with van der Waals surface area (Å²) < 4.78 is 5.28. The number of rotatable bonds is 5. The Morgan fingerprint density at radius 2 is 2.00 bits per heavy atom. The number of hydrogen-bond acceptors (Lipinski definition) is 2. The van der Waals surface area contributed by atoms with Gasteiger partial charge in [0.2, 0.25) is 0 Å². The van der Waals surface area contributed by atoms with Crippen LogP contribution in [0.15, 0.2) is 30.3 Å². The van der Waals surface area contributed by atoms with Gasteiger partial charge in [-0.15, -0.1) is 0 Å². The molecule has 0 spiro atoms. The van der Waals surface area contributed by atoms with Crippen molar-refractivity contribution in [2.24, 2.45) is 0 Å². The molecule has 1 aromatic carbocycles. The largest absolute Gasteiger partial charge is 0.385 e. The number of aliphatic hydroxyl groups excluding tert-OH is 1. The van der Waals surface area contributed by atoms with Gasteiger partial charge in [-0.25, -0.2) is 0 Å². The maximum Gasteiger partial charge on any atom is 0.126 e. The highest BCUT2D eigenvalue weighted by Crippen LogP contribution is 2.00. The van der Waals surface area contributed by atoms with Crippen LogP contribution in [-0.4, -0.2) is 24.4 Å². The molecule has 0 fully saturated rings. The van der Waals surface area contributed by atoms with Gasteiger partial charge in [-0.1, -0.05) is 30.3 Å². The second kappa shape index (κ2) is 5.70.